The van der Waals surface area contributed by atoms with Crippen LogP contribution >= 0.6 is 23.1 Å². The molecule has 1 aromatic heterocycles. The molecule has 9 heteroatoms. The molecule has 0 aliphatic carbocycles. The third kappa shape index (κ3) is 4.55. The third-order valence-corrected chi connectivity index (χ3v) is 9.54. The van der Waals surface area contributed by atoms with Crippen molar-refractivity contribution in [2.24, 2.45) is 5.92 Å². The van der Waals surface area contributed by atoms with Gasteiger partial charge in [-0.15, -0.1) is 0 Å². The van der Waals surface area contributed by atoms with Crippen molar-refractivity contribution in [2.75, 3.05) is 12.0 Å². The number of carbonyl (C=O) groups excluding carboxylic acids is 2. The molecule has 3 heterocycles. The minimum Gasteiger partial charge on any atom is -0.493 e. The number of benzene rings is 3. The number of methoxy groups -OCH3 is 1. The average Bonchev–Trinajstić information content (AvgIpc) is 3.42. The van der Waals surface area contributed by atoms with Gasteiger partial charge >= 0.3 is 4.87 Å². The lowest BCUT2D eigenvalue weighted by Crippen LogP contribution is -2.32. The van der Waals surface area contributed by atoms with Gasteiger partial charge in [-0.2, -0.15) is 0 Å². The molecule has 0 saturated carbocycles. The average molecular weight is 559 g/mol. The Kier molecular flexibility index (Phi) is 6.56. The summed E-state index contributed by atoms with van der Waals surface area (Å²) in [7, 11) is 1.57. The van der Waals surface area contributed by atoms with E-state index in [2.05, 4.69) is 11.1 Å². The number of thioether (sulfide) groups is 1. The number of nitrogens with zero attached hydrogens (tertiary/aromatic N) is 1. The van der Waals surface area contributed by atoms with E-state index in [4.69, 9.17) is 9.47 Å². The van der Waals surface area contributed by atoms with Crippen LogP contribution in [0.3, 0.4) is 0 Å². The lowest BCUT2D eigenvalue weighted by Gasteiger charge is -2.30. The maximum absolute atomic E-state index is 13.9. The van der Waals surface area contributed by atoms with Crippen LogP contribution in [0.4, 0.5) is 5.69 Å². The van der Waals surface area contributed by atoms with Crippen LogP contribution in [0.1, 0.15) is 33.0 Å². The largest absolute Gasteiger partial charge is 0.493 e. The van der Waals surface area contributed by atoms with E-state index < -0.39 is 17.1 Å². The van der Waals surface area contributed by atoms with Gasteiger partial charge in [0.2, 0.25) is 11.8 Å². The van der Waals surface area contributed by atoms with Crippen molar-refractivity contribution >= 4 is 40.6 Å². The predicted molar refractivity (Wildman–Crippen MR) is 152 cm³/mol. The van der Waals surface area contributed by atoms with Gasteiger partial charge < -0.3 is 14.5 Å². The van der Waals surface area contributed by atoms with Crippen LogP contribution in [0, 0.1) is 19.8 Å². The number of thiazole rings is 1. The van der Waals surface area contributed by atoms with E-state index in [-0.39, 0.29) is 16.7 Å². The van der Waals surface area contributed by atoms with Gasteiger partial charge in [-0.1, -0.05) is 76.7 Å². The summed E-state index contributed by atoms with van der Waals surface area (Å²) < 4.78 is 11.8. The van der Waals surface area contributed by atoms with Gasteiger partial charge in [-0.3, -0.25) is 14.4 Å². The monoisotopic (exact) mass is 558 g/mol. The Hall–Kier alpha value is -3.82. The number of carbonyl (C=O) groups is 2. The highest BCUT2D eigenvalue weighted by molar-refractivity contribution is 8.00. The number of imide groups is 1. The molecule has 1 saturated heterocycles. The van der Waals surface area contributed by atoms with Crippen LogP contribution < -0.4 is 19.2 Å². The van der Waals surface area contributed by atoms with E-state index in [1.165, 1.54) is 16.7 Å². The summed E-state index contributed by atoms with van der Waals surface area (Å²) in [6, 6.07) is 21.0. The molecule has 0 radical (unpaired) electrons. The van der Waals surface area contributed by atoms with E-state index >= 15 is 0 Å². The van der Waals surface area contributed by atoms with Crippen LogP contribution in [0.5, 0.6) is 11.5 Å². The van der Waals surface area contributed by atoms with E-state index in [9.17, 15) is 14.4 Å². The normalized spacial score (nSPS) is 20.1. The molecule has 6 rings (SSSR count). The number of fused-ring (bicyclic) bond motifs is 2. The molecule has 198 valence electrons. The van der Waals surface area contributed by atoms with E-state index in [1.54, 1.807) is 19.2 Å². The molecule has 4 aromatic rings. The molecule has 39 heavy (non-hydrogen) atoms. The number of nitrogens with one attached hydrogen (secondary N) is 1. The van der Waals surface area contributed by atoms with E-state index in [0.29, 0.717) is 28.8 Å². The van der Waals surface area contributed by atoms with Crippen molar-refractivity contribution in [1.29, 1.82) is 0 Å². The zero-order chi connectivity index (χ0) is 27.3. The molecule has 1 fully saturated rings. The number of amides is 2. The van der Waals surface area contributed by atoms with Gasteiger partial charge in [0.1, 0.15) is 11.9 Å². The van der Waals surface area contributed by atoms with Gasteiger partial charge in [0, 0.05) is 10.8 Å². The number of aromatic amines is 1. The highest BCUT2D eigenvalue weighted by Gasteiger charge is 2.56. The van der Waals surface area contributed by atoms with Crippen molar-refractivity contribution in [3.8, 4) is 11.5 Å². The highest BCUT2D eigenvalue weighted by Crippen LogP contribution is 2.53. The minimum atomic E-state index is -0.661. The molecular formula is C30H26N2O5S2. The van der Waals surface area contributed by atoms with Crippen molar-refractivity contribution < 1.29 is 19.1 Å². The number of H-pyrrole nitrogens is 1. The standard InChI is InChI=1S/C30H26N2O5S2/c1-16-7-10-20(11-8-16)32-28(33)24-23(25-27(31-30(35)39-25)38-26(24)29(32)34)19-9-12-21(22(14-19)36-3)37-15-18-6-4-5-17(2)13-18/h4-14,23-24,26H,15H2,1-3H3,(H,31,35). The first kappa shape index (κ1) is 25.5. The van der Waals surface area contributed by atoms with Crippen LogP contribution in [0.15, 0.2) is 76.6 Å². The summed E-state index contributed by atoms with van der Waals surface area (Å²) in [6.45, 7) is 4.37. The minimum absolute atomic E-state index is 0.210. The number of hydrogen-bond acceptors (Lipinski definition) is 7. The predicted octanol–water partition coefficient (Wildman–Crippen LogP) is 5.44. The van der Waals surface area contributed by atoms with Crippen LogP contribution in [-0.4, -0.2) is 29.2 Å². The molecule has 3 aromatic carbocycles. The number of rotatable bonds is 6. The van der Waals surface area contributed by atoms with Crippen LogP contribution in [0.25, 0.3) is 0 Å². The zero-order valence-electron chi connectivity index (χ0n) is 21.6. The fourth-order valence-corrected chi connectivity index (χ4v) is 7.80. The third-order valence-electron chi connectivity index (χ3n) is 7.14. The van der Waals surface area contributed by atoms with E-state index in [1.807, 2.05) is 62.4 Å². The van der Waals surface area contributed by atoms with Gasteiger partial charge in [0.25, 0.3) is 0 Å². The second kappa shape index (κ2) is 10.1. The molecule has 2 aliphatic rings. The number of aryl methyl sites for hydroxylation is 2. The SMILES string of the molecule is COc1cc(C2c3sc(=O)[nH]c3SC3C(=O)N(c4ccc(C)cc4)C(=O)C32)ccc1OCc1cccc(C)c1. The van der Waals surface area contributed by atoms with Crippen molar-refractivity contribution in [2.45, 2.75) is 36.6 Å². The Balaban J connectivity index is 1.37. The van der Waals surface area contributed by atoms with Gasteiger partial charge in [-0.05, 0) is 49.2 Å². The maximum Gasteiger partial charge on any atom is 0.305 e. The second-order valence-electron chi connectivity index (χ2n) is 9.79. The molecule has 0 spiro atoms. The molecule has 0 bridgehead atoms. The summed E-state index contributed by atoms with van der Waals surface area (Å²) in [4.78, 5) is 44.6. The first-order valence-electron chi connectivity index (χ1n) is 12.5. The smallest absolute Gasteiger partial charge is 0.305 e. The molecule has 3 atom stereocenters. The number of anilines is 1. The first-order valence-corrected chi connectivity index (χ1v) is 14.2. The molecule has 3 unspecified atom stereocenters. The zero-order valence-corrected chi connectivity index (χ0v) is 23.2. The molecule has 2 amide bonds. The summed E-state index contributed by atoms with van der Waals surface area (Å²) in [5.74, 6) is -0.592. The van der Waals surface area contributed by atoms with E-state index in [0.717, 1.165) is 38.5 Å². The molecule has 1 N–H and O–H groups in total. The Morgan fingerprint density at radius 1 is 0.897 bits per heavy atom. The van der Waals surface area contributed by atoms with Gasteiger partial charge in [-0.25, -0.2) is 4.90 Å². The summed E-state index contributed by atoms with van der Waals surface area (Å²) >= 11 is 2.35. The number of ether oxygens (including phenoxy) is 2. The Morgan fingerprint density at radius 2 is 1.69 bits per heavy atom. The highest BCUT2D eigenvalue weighted by atomic mass is 32.2. The Labute approximate surface area is 233 Å². The van der Waals surface area contributed by atoms with Crippen molar-refractivity contribution in [1.82, 2.24) is 4.98 Å². The fourth-order valence-electron chi connectivity index (χ4n) is 5.28. The van der Waals surface area contributed by atoms with Crippen molar-refractivity contribution in [3.05, 3.63) is 104 Å². The lowest BCUT2D eigenvalue weighted by molar-refractivity contribution is -0.122. The van der Waals surface area contributed by atoms with Crippen LogP contribution in [-0.2, 0) is 16.2 Å². The molecule has 7 nitrogen and oxygen atoms in total. The lowest BCUT2D eigenvalue weighted by atomic mass is 9.83. The topological polar surface area (TPSA) is 88.7 Å². The molecule has 2 aliphatic heterocycles. The fraction of sp³-hybridized carbons (Fsp3) is 0.233. The maximum atomic E-state index is 13.9. The number of aromatic nitrogens is 1. The quantitative estimate of drug-likeness (QED) is 0.317. The first-order chi connectivity index (χ1) is 18.8. The summed E-state index contributed by atoms with van der Waals surface area (Å²) in [5.41, 5.74) is 4.58. The van der Waals surface area contributed by atoms with Gasteiger partial charge in [0.05, 0.1) is 23.7 Å². The van der Waals surface area contributed by atoms with Gasteiger partial charge in [0.15, 0.2) is 11.5 Å². The summed E-state index contributed by atoms with van der Waals surface area (Å²) in [5, 5.41) is -0.00769. The Bertz CT molecular complexity index is 1640. The molecular weight excluding hydrogens is 532 g/mol. The van der Waals surface area contributed by atoms with Crippen molar-refractivity contribution in [3.63, 3.8) is 0 Å². The summed E-state index contributed by atoms with van der Waals surface area (Å²) in [6.07, 6.45) is 0. The Morgan fingerprint density at radius 3 is 2.44 bits per heavy atom. The second-order valence-corrected chi connectivity index (χ2v) is 12.0. The number of hydrogen-bond donors (Lipinski definition) is 1. The van der Waals surface area contributed by atoms with Crippen LogP contribution in [0.2, 0.25) is 0 Å².